The first-order valence-corrected chi connectivity index (χ1v) is 8.50. The van der Waals surface area contributed by atoms with E-state index < -0.39 is 5.91 Å². The minimum absolute atomic E-state index is 0.0187. The minimum atomic E-state index is -0.400. The van der Waals surface area contributed by atoms with E-state index in [1.807, 2.05) is 32.0 Å². The summed E-state index contributed by atoms with van der Waals surface area (Å²) in [5, 5.41) is 0.0187. The van der Waals surface area contributed by atoms with Gasteiger partial charge in [0, 0.05) is 26.2 Å². The molecule has 128 valence electrons. The second-order valence-electron chi connectivity index (χ2n) is 6.20. The van der Waals surface area contributed by atoms with Gasteiger partial charge in [0.15, 0.2) is 0 Å². The maximum Gasteiger partial charge on any atom is 0.273 e. The van der Waals surface area contributed by atoms with Gasteiger partial charge in [-0.15, -0.1) is 0 Å². The van der Waals surface area contributed by atoms with E-state index in [0.717, 1.165) is 24.2 Å². The molecule has 0 atom stereocenters. The first-order valence-electron chi connectivity index (χ1n) is 8.12. The Bertz CT molecular complexity index is 708. The number of carbonyl (C=O) groups is 2. The van der Waals surface area contributed by atoms with Crippen molar-refractivity contribution >= 4 is 29.0 Å². The average Bonchev–Trinajstić information content (AvgIpc) is 2.79. The molecule has 1 aromatic carbocycles. The first-order chi connectivity index (χ1) is 11.5. The summed E-state index contributed by atoms with van der Waals surface area (Å²) in [5.74, 6) is -0.704. The molecule has 5 nitrogen and oxygen atoms in total. The van der Waals surface area contributed by atoms with Crippen molar-refractivity contribution in [2.45, 2.75) is 13.8 Å². The van der Waals surface area contributed by atoms with Crippen LogP contribution in [-0.4, -0.2) is 61.0 Å². The molecule has 0 unspecified atom stereocenters. The number of benzene rings is 1. The maximum atomic E-state index is 12.7. The Balaban J connectivity index is 1.75. The number of amides is 2. The van der Waals surface area contributed by atoms with E-state index >= 15 is 0 Å². The fourth-order valence-electron chi connectivity index (χ4n) is 2.96. The van der Waals surface area contributed by atoms with Crippen LogP contribution >= 0.6 is 11.6 Å². The highest BCUT2D eigenvalue weighted by molar-refractivity contribution is 6.55. The SMILES string of the molecule is Cc1ccc(C2=C(Cl)C(=O)N(CCN3CCOCC3)C2=O)cc1C. The van der Waals surface area contributed by atoms with E-state index in [2.05, 4.69) is 4.90 Å². The van der Waals surface area contributed by atoms with Gasteiger partial charge in [-0.1, -0.05) is 29.8 Å². The van der Waals surface area contributed by atoms with Crippen LogP contribution in [0.15, 0.2) is 23.2 Å². The van der Waals surface area contributed by atoms with Gasteiger partial charge in [-0.05, 0) is 30.5 Å². The molecule has 24 heavy (non-hydrogen) atoms. The van der Waals surface area contributed by atoms with E-state index in [4.69, 9.17) is 16.3 Å². The zero-order valence-electron chi connectivity index (χ0n) is 14.0. The van der Waals surface area contributed by atoms with Gasteiger partial charge < -0.3 is 4.74 Å². The van der Waals surface area contributed by atoms with Crippen molar-refractivity contribution in [2.24, 2.45) is 0 Å². The molecule has 0 N–H and O–H groups in total. The van der Waals surface area contributed by atoms with Crippen LogP contribution in [0.2, 0.25) is 0 Å². The van der Waals surface area contributed by atoms with Gasteiger partial charge in [-0.25, -0.2) is 0 Å². The van der Waals surface area contributed by atoms with E-state index in [0.29, 0.717) is 37.4 Å². The molecule has 0 aromatic heterocycles. The molecule has 0 radical (unpaired) electrons. The molecule has 3 rings (SSSR count). The summed E-state index contributed by atoms with van der Waals surface area (Å²) in [7, 11) is 0. The van der Waals surface area contributed by atoms with E-state index in [-0.39, 0.29) is 10.9 Å². The predicted octanol–water partition coefficient (Wildman–Crippen LogP) is 1.95. The van der Waals surface area contributed by atoms with Crippen molar-refractivity contribution in [3.63, 3.8) is 0 Å². The Labute approximate surface area is 146 Å². The second kappa shape index (κ2) is 7.05. The lowest BCUT2D eigenvalue weighted by atomic mass is 10.0. The van der Waals surface area contributed by atoms with Crippen molar-refractivity contribution in [1.82, 2.24) is 9.80 Å². The van der Waals surface area contributed by atoms with Crippen LogP contribution in [0.5, 0.6) is 0 Å². The summed E-state index contributed by atoms with van der Waals surface area (Å²) < 4.78 is 5.31. The van der Waals surface area contributed by atoms with Crippen LogP contribution in [0.4, 0.5) is 0 Å². The lowest BCUT2D eigenvalue weighted by Crippen LogP contribution is -2.43. The topological polar surface area (TPSA) is 49.9 Å². The molecule has 0 aliphatic carbocycles. The molecule has 1 saturated heterocycles. The number of imide groups is 1. The van der Waals surface area contributed by atoms with Gasteiger partial charge in [0.2, 0.25) is 0 Å². The van der Waals surface area contributed by atoms with Gasteiger partial charge in [-0.3, -0.25) is 19.4 Å². The van der Waals surface area contributed by atoms with Gasteiger partial charge in [0.1, 0.15) is 5.03 Å². The Kier molecular flexibility index (Phi) is 5.04. The maximum absolute atomic E-state index is 12.7. The van der Waals surface area contributed by atoms with Crippen molar-refractivity contribution in [3.8, 4) is 0 Å². The number of hydrogen-bond acceptors (Lipinski definition) is 4. The van der Waals surface area contributed by atoms with Crippen LogP contribution in [0.25, 0.3) is 5.57 Å². The number of ether oxygens (including phenoxy) is 1. The van der Waals surface area contributed by atoms with E-state index in [9.17, 15) is 9.59 Å². The van der Waals surface area contributed by atoms with Crippen LogP contribution in [0.3, 0.4) is 0 Å². The van der Waals surface area contributed by atoms with Crippen molar-refractivity contribution < 1.29 is 14.3 Å². The lowest BCUT2D eigenvalue weighted by molar-refractivity contribution is -0.136. The molecular weight excluding hydrogens is 328 g/mol. The van der Waals surface area contributed by atoms with E-state index in [1.54, 1.807) is 0 Å². The van der Waals surface area contributed by atoms with E-state index in [1.165, 1.54) is 4.90 Å². The molecule has 0 spiro atoms. The second-order valence-corrected chi connectivity index (χ2v) is 6.58. The number of morpholine rings is 1. The van der Waals surface area contributed by atoms with Crippen LogP contribution in [0, 0.1) is 13.8 Å². The highest BCUT2D eigenvalue weighted by atomic mass is 35.5. The summed E-state index contributed by atoms with van der Waals surface area (Å²) in [6.07, 6.45) is 0. The normalized spacial score (nSPS) is 19.5. The highest BCUT2D eigenvalue weighted by Gasteiger charge is 2.38. The monoisotopic (exact) mass is 348 g/mol. The molecule has 1 fully saturated rings. The summed E-state index contributed by atoms with van der Waals surface area (Å²) in [6, 6.07) is 5.69. The molecule has 6 heteroatoms. The fourth-order valence-corrected chi connectivity index (χ4v) is 3.25. The molecule has 2 heterocycles. The Morgan fingerprint density at radius 3 is 2.42 bits per heavy atom. The number of hydrogen-bond donors (Lipinski definition) is 0. The van der Waals surface area contributed by atoms with Crippen LogP contribution < -0.4 is 0 Å². The summed E-state index contributed by atoms with van der Waals surface area (Å²) in [4.78, 5) is 28.6. The molecule has 2 aliphatic rings. The molecule has 2 amide bonds. The lowest BCUT2D eigenvalue weighted by Gasteiger charge is -2.28. The Morgan fingerprint density at radius 2 is 1.75 bits per heavy atom. The number of nitrogens with zero attached hydrogens (tertiary/aromatic N) is 2. The van der Waals surface area contributed by atoms with Crippen LogP contribution in [0.1, 0.15) is 16.7 Å². The quantitative estimate of drug-likeness (QED) is 0.780. The van der Waals surface area contributed by atoms with Gasteiger partial charge in [0.25, 0.3) is 11.8 Å². The number of rotatable bonds is 4. The number of carbonyl (C=O) groups excluding carboxylic acids is 2. The molecule has 0 saturated carbocycles. The fraction of sp³-hybridized carbons (Fsp3) is 0.444. The molecule has 2 aliphatic heterocycles. The minimum Gasteiger partial charge on any atom is -0.379 e. The zero-order valence-corrected chi connectivity index (χ0v) is 14.7. The van der Waals surface area contributed by atoms with Gasteiger partial charge in [-0.2, -0.15) is 0 Å². The standard InChI is InChI=1S/C18H21ClN2O3/c1-12-3-4-14(11-13(12)2)15-16(19)18(23)21(17(15)22)6-5-20-7-9-24-10-8-20/h3-4,11H,5-10H2,1-2H3. The summed E-state index contributed by atoms with van der Waals surface area (Å²) in [5.41, 5.74) is 3.22. The van der Waals surface area contributed by atoms with Crippen molar-refractivity contribution in [1.29, 1.82) is 0 Å². The smallest absolute Gasteiger partial charge is 0.273 e. The Hall–Kier alpha value is -1.69. The largest absolute Gasteiger partial charge is 0.379 e. The Morgan fingerprint density at radius 1 is 1.04 bits per heavy atom. The van der Waals surface area contributed by atoms with Crippen molar-refractivity contribution in [3.05, 3.63) is 39.9 Å². The molecule has 0 bridgehead atoms. The zero-order chi connectivity index (χ0) is 17.3. The third-order valence-electron chi connectivity index (χ3n) is 4.65. The van der Waals surface area contributed by atoms with Gasteiger partial charge >= 0.3 is 0 Å². The number of halogens is 1. The molecule has 1 aromatic rings. The summed E-state index contributed by atoms with van der Waals surface area (Å²) >= 11 is 6.20. The summed E-state index contributed by atoms with van der Waals surface area (Å²) in [6.45, 7) is 8.00. The molecular formula is C18H21ClN2O3. The third kappa shape index (κ3) is 3.24. The predicted molar refractivity (Wildman–Crippen MR) is 92.7 cm³/mol. The third-order valence-corrected chi connectivity index (χ3v) is 5.00. The number of aryl methyl sites for hydroxylation is 2. The first kappa shape index (κ1) is 17.1. The van der Waals surface area contributed by atoms with Crippen molar-refractivity contribution in [2.75, 3.05) is 39.4 Å². The average molecular weight is 349 g/mol. The van der Waals surface area contributed by atoms with Crippen LogP contribution in [-0.2, 0) is 14.3 Å². The van der Waals surface area contributed by atoms with Gasteiger partial charge in [0.05, 0.1) is 18.8 Å². The highest BCUT2D eigenvalue weighted by Crippen LogP contribution is 2.32.